The van der Waals surface area contributed by atoms with Gasteiger partial charge in [0.2, 0.25) is 5.91 Å². The van der Waals surface area contributed by atoms with Crippen molar-refractivity contribution in [3.05, 3.63) is 0 Å². The highest BCUT2D eigenvalue weighted by molar-refractivity contribution is 5.82. The molecule has 1 saturated heterocycles. The van der Waals surface area contributed by atoms with Crippen molar-refractivity contribution in [2.75, 3.05) is 20.7 Å². The lowest BCUT2D eigenvalue weighted by Crippen LogP contribution is -2.52. The number of carbonyl (C=O) groups excluding carboxylic acids is 1. The number of ether oxygens (including phenoxy) is 1. The highest BCUT2D eigenvalue weighted by Gasteiger charge is 2.29. The molecule has 1 aliphatic heterocycles. The number of nitrogens with two attached hydrogens (primary N) is 1. The molecule has 0 aromatic heterocycles. The third-order valence-electron chi connectivity index (χ3n) is 2.02. The molecule has 0 spiro atoms. The first-order valence-electron chi connectivity index (χ1n) is 3.68. The smallest absolute Gasteiger partial charge is 0.239 e. The van der Waals surface area contributed by atoms with Crippen LogP contribution in [0.15, 0.2) is 0 Å². The Bertz CT molecular complexity index is 147. The van der Waals surface area contributed by atoms with Crippen LogP contribution in [0.25, 0.3) is 0 Å². The maximum absolute atomic E-state index is 11.1. The number of carbonyl (C=O) groups is 1. The van der Waals surface area contributed by atoms with Crippen LogP contribution in [0.3, 0.4) is 0 Å². The summed E-state index contributed by atoms with van der Waals surface area (Å²) in [6.07, 6.45) is 0.743. The summed E-state index contributed by atoms with van der Waals surface area (Å²) in [6, 6.07) is -0.376. The van der Waals surface area contributed by atoms with E-state index in [0.29, 0.717) is 13.0 Å². The van der Waals surface area contributed by atoms with Gasteiger partial charge in [0.25, 0.3) is 0 Å². The van der Waals surface area contributed by atoms with Crippen LogP contribution in [-0.2, 0) is 9.53 Å². The molecule has 0 aromatic carbocycles. The van der Waals surface area contributed by atoms with Crippen molar-refractivity contribution in [2.24, 2.45) is 5.73 Å². The van der Waals surface area contributed by atoms with Gasteiger partial charge in [0.15, 0.2) is 0 Å². The molecule has 1 rings (SSSR count). The van der Waals surface area contributed by atoms with Gasteiger partial charge in [-0.1, -0.05) is 0 Å². The third kappa shape index (κ3) is 1.70. The molecule has 0 saturated carbocycles. The summed E-state index contributed by atoms with van der Waals surface area (Å²) in [4.78, 5) is 12.7. The second-order valence-electron chi connectivity index (χ2n) is 2.92. The predicted molar refractivity (Wildman–Crippen MR) is 41.0 cm³/mol. The van der Waals surface area contributed by atoms with E-state index >= 15 is 0 Å². The van der Waals surface area contributed by atoms with E-state index in [1.54, 1.807) is 19.1 Å². The van der Waals surface area contributed by atoms with Crippen LogP contribution in [0.4, 0.5) is 0 Å². The maximum Gasteiger partial charge on any atom is 0.239 e. The molecule has 1 amide bonds. The van der Waals surface area contributed by atoms with Gasteiger partial charge in [-0.05, 0) is 6.42 Å². The molecule has 11 heavy (non-hydrogen) atoms. The fraction of sp³-hybridized carbons (Fsp3) is 0.857. The van der Waals surface area contributed by atoms with Gasteiger partial charge in [0.1, 0.15) is 0 Å². The van der Waals surface area contributed by atoms with Crippen LogP contribution in [0, 0.1) is 0 Å². The van der Waals surface area contributed by atoms with Crippen molar-refractivity contribution in [3.8, 4) is 0 Å². The van der Waals surface area contributed by atoms with E-state index in [1.165, 1.54) is 0 Å². The van der Waals surface area contributed by atoms with Crippen molar-refractivity contribution in [2.45, 2.75) is 18.6 Å². The molecule has 0 bridgehead atoms. The van der Waals surface area contributed by atoms with Crippen molar-refractivity contribution >= 4 is 5.91 Å². The van der Waals surface area contributed by atoms with E-state index in [9.17, 15) is 4.79 Å². The minimum Gasteiger partial charge on any atom is -0.380 e. The van der Waals surface area contributed by atoms with Gasteiger partial charge in [-0.25, -0.2) is 0 Å². The lowest BCUT2D eigenvalue weighted by atomic mass is 10.0. The van der Waals surface area contributed by atoms with Crippen molar-refractivity contribution in [3.63, 3.8) is 0 Å². The van der Waals surface area contributed by atoms with Gasteiger partial charge in [-0.3, -0.25) is 4.79 Å². The van der Waals surface area contributed by atoms with Crippen LogP contribution in [0.1, 0.15) is 6.42 Å². The highest BCUT2D eigenvalue weighted by Crippen LogP contribution is 2.10. The first kappa shape index (κ1) is 8.49. The van der Waals surface area contributed by atoms with Crippen LogP contribution in [0.5, 0.6) is 0 Å². The summed E-state index contributed by atoms with van der Waals surface area (Å²) in [5.74, 6) is 0.0123. The number of amides is 1. The van der Waals surface area contributed by atoms with E-state index < -0.39 is 0 Å². The zero-order chi connectivity index (χ0) is 8.43. The third-order valence-corrected chi connectivity index (χ3v) is 2.02. The lowest BCUT2D eigenvalue weighted by Gasteiger charge is -2.32. The standard InChI is InChI=1S/C7H14N2O2/c1-9-4-5(11-2)3-6(8)7(9)10/h5-6H,3-4,8H2,1-2H3/t5-,6+/m0/s1. The molecule has 1 aliphatic rings. The van der Waals surface area contributed by atoms with Gasteiger partial charge in [0, 0.05) is 20.7 Å². The lowest BCUT2D eigenvalue weighted by molar-refractivity contribution is -0.137. The Labute approximate surface area is 66.3 Å². The molecule has 0 unspecified atom stereocenters. The number of methoxy groups -OCH3 is 1. The second-order valence-corrected chi connectivity index (χ2v) is 2.92. The number of hydrogen-bond acceptors (Lipinski definition) is 3. The first-order chi connectivity index (χ1) is 5.15. The molecule has 0 aliphatic carbocycles. The van der Waals surface area contributed by atoms with E-state index in [-0.39, 0.29) is 18.1 Å². The van der Waals surface area contributed by atoms with E-state index in [0.717, 1.165) is 0 Å². The topological polar surface area (TPSA) is 55.6 Å². The molecular weight excluding hydrogens is 144 g/mol. The number of rotatable bonds is 1. The van der Waals surface area contributed by atoms with Crippen molar-refractivity contribution < 1.29 is 9.53 Å². The number of piperidine rings is 1. The van der Waals surface area contributed by atoms with E-state index in [2.05, 4.69) is 0 Å². The number of hydrogen-bond donors (Lipinski definition) is 1. The Morgan fingerprint density at radius 2 is 2.36 bits per heavy atom. The molecule has 4 nitrogen and oxygen atoms in total. The van der Waals surface area contributed by atoms with Crippen LogP contribution < -0.4 is 5.73 Å². The Morgan fingerprint density at radius 3 is 2.82 bits per heavy atom. The molecule has 4 heteroatoms. The summed E-state index contributed by atoms with van der Waals surface area (Å²) < 4.78 is 5.11. The summed E-state index contributed by atoms with van der Waals surface area (Å²) in [5, 5.41) is 0. The van der Waals surface area contributed by atoms with Gasteiger partial charge >= 0.3 is 0 Å². The molecule has 1 fully saturated rings. The monoisotopic (exact) mass is 158 g/mol. The van der Waals surface area contributed by atoms with Crippen LogP contribution in [-0.4, -0.2) is 43.7 Å². The molecular formula is C7H14N2O2. The Hall–Kier alpha value is -0.610. The number of likely N-dealkylation sites (N-methyl/N-ethyl adjacent to an activating group) is 1. The van der Waals surface area contributed by atoms with Gasteiger partial charge in [0.05, 0.1) is 12.1 Å². The molecule has 0 aromatic rings. The van der Waals surface area contributed by atoms with Gasteiger partial charge in [-0.2, -0.15) is 0 Å². The molecule has 1 heterocycles. The SMILES string of the molecule is CO[C@H]1C[C@@H](N)C(=O)N(C)C1. The van der Waals surface area contributed by atoms with E-state index in [1.807, 2.05) is 0 Å². The van der Waals surface area contributed by atoms with Crippen LogP contribution >= 0.6 is 0 Å². The van der Waals surface area contributed by atoms with Crippen molar-refractivity contribution in [1.82, 2.24) is 4.90 Å². The number of nitrogens with zero attached hydrogens (tertiary/aromatic N) is 1. The molecule has 64 valence electrons. The zero-order valence-electron chi connectivity index (χ0n) is 6.91. The molecule has 2 atom stereocenters. The average Bonchev–Trinajstić information content (AvgIpc) is 1.99. The normalized spacial score (nSPS) is 32.6. The average molecular weight is 158 g/mol. The van der Waals surface area contributed by atoms with Gasteiger partial charge < -0.3 is 15.4 Å². The Morgan fingerprint density at radius 1 is 1.73 bits per heavy atom. The fourth-order valence-electron chi connectivity index (χ4n) is 1.31. The highest BCUT2D eigenvalue weighted by atomic mass is 16.5. The summed E-state index contributed by atoms with van der Waals surface area (Å²) in [7, 11) is 3.38. The van der Waals surface area contributed by atoms with E-state index in [4.69, 9.17) is 10.5 Å². The fourth-order valence-corrected chi connectivity index (χ4v) is 1.31. The largest absolute Gasteiger partial charge is 0.380 e. The second kappa shape index (κ2) is 3.19. The molecule has 0 radical (unpaired) electrons. The minimum atomic E-state index is -0.376. The number of likely N-dealkylation sites (tertiary alicyclic amines) is 1. The quantitative estimate of drug-likeness (QED) is 0.543. The summed E-state index contributed by atoms with van der Waals surface area (Å²) >= 11 is 0. The zero-order valence-corrected chi connectivity index (χ0v) is 6.91. The Kier molecular flexibility index (Phi) is 2.46. The Balaban J connectivity index is 2.54. The first-order valence-corrected chi connectivity index (χ1v) is 3.68. The maximum atomic E-state index is 11.1. The van der Waals surface area contributed by atoms with Crippen molar-refractivity contribution in [1.29, 1.82) is 0 Å². The molecule has 2 N–H and O–H groups in total. The summed E-state index contributed by atoms with van der Waals surface area (Å²) in [5.41, 5.74) is 5.56. The minimum absolute atomic E-state index is 0.0123. The predicted octanol–water partition coefficient (Wildman–Crippen LogP) is -0.809. The summed E-state index contributed by atoms with van der Waals surface area (Å²) in [6.45, 7) is 0.656. The van der Waals surface area contributed by atoms with Gasteiger partial charge in [-0.15, -0.1) is 0 Å². The van der Waals surface area contributed by atoms with Crippen LogP contribution in [0.2, 0.25) is 0 Å².